The summed E-state index contributed by atoms with van der Waals surface area (Å²) in [5, 5.41) is 0. The molecule has 0 aromatic heterocycles. The molecule has 0 aliphatic heterocycles. The van der Waals surface area contributed by atoms with Crippen molar-refractivity contribution in [2.24, 2.45) is 0 Å². The molecular formula is C11H12. The monoisotopic (exact) mass is 144 g/mol. The van der Waals surface area contributed by atoms with E-state index in [1.807, 2.05) is 0 Å². The van der Waals surface area contributed by atoms with Crippen LogP contribution in [0.5, 0.6) is 0 Å². The standard InChI is InChI=1S/C11H12/c1-2-4-10(5-3-1)6-7-11-8-9-11/h1-5,7H,6,8-9H2. The lowest BCUT2D eigenvalue weighted by Crippen LogP contribution is -1.77. The minimum Gasteiger partial charge on any atom is -0.0809 e. The van der Waals surface area contributed by atoms with Gasteiger partial charge in [0.25, 0.3) is 0 Å². The quantitative estimate of drug-likeness (QED) is 0.560. The average molecular weight is 144 g/mol. The van der Waals surface area contributed by atoms with Gasteiger partial charge in [-0.1, -0.05) is 42.0 Å². The lowest BCUT2D eigenvalue weighted by atomic mass is 10.1. The van der Waals surface area contributed by atoms with E-state index in [4.69, 9.17) is 0 Å². The molecule has 0 bridgehead atoms. The Morgan fingerprint density at radius 3 is 2.45 bits per heavy atom. The van der Waals surface area contributed by atoms with Crippen LogP contribution < -0.4 is 0 Å². The van der Waals surface area contributed by atoms with Gasteiger partial charge in [-0.15, -0.1) is 0 Å². The van der Waals surface area contributed by atoms with Crippen molar-refractivity contribution in [3.63, 3.8) is 0 Å². The highest BCUT2D eigenvalue weighted by Crippen LogP contribution is 2.27. The van der Waals surface area contributed by atoms with Crippen molar-refractivity contribution in [2.45, 2.75) is 19.3 Å². The number of benzene rings is 1. The van der Waals surface area contributed by atoms with Crippen molar-refractivity contribution in [1.82, 2.24) is 0 Å². The van der Waals surface area contributed by atoms with Gasteiger partial charge in [0.2, 0.25) is 0 Å². The van der Waals surface area contributed by atoms with E-state index in [1.54, 1.807) is 5.57 Å². The van der Waals surface area contributed by atoms with Crippen LogP contribution in [0.1, 0.15) is 18.4 Å². The number of hydrogen-bond acceptors (Lipinski definition) is 0. The molecular weight excluding hydrogens is 132 g/mol. The molecule has 0 unspecified atom stereocenters. The van der Waals surface area contributed by atoms with Gasteiger partial charge in [-0.3, -0.25) is 0 Å². The van der Waals surface area contributed by atoms with Gasteiger partial charge in [0, 0.05) is 0 Å². The highest BCUT2D eigenvalue weighted by atomic mass is 14.1. The summed E-state index contributed by atoms with van der Waals surface area (Å²) < 4.78 is 0. The molecule has 0 spiro atoms. The molecule has 0 radical (unpaired) electrons. The molecule has 1 aliphatic rings. The number of hydrogen-bond donors (Lipinski definition) is 0. The Morgan fingerprint density at radius 2 is 1.82 bits per heavy atom. The molecule has 0 heterocycles. The van der Waals surface area contributed by atoms with Crippen molar-refractivity contribution in [3.05, 3.63) is 47.5 Å². The van der Waals surface area contributed by atoms with Crippen molar-refractivity contribution in [1.29, 1.82) is 0 Å². The van der Waals surface area contributed by atoms with Crippen LogP contribution in [0.25, 0.3) is 0 Å². The Bertz CT molecular complexity index is 251. The van der Waals surface area contributed by atoms with E-state index < -0.39 is 0 Å². The fourth-order valence-corrected chi connectivity index (χ4v) is 1.15. The fourth-order valence-electron chi connectivity index (χ4n) is 1.15. The highest BCUT2D eigenvalue weighted by molar-refractivity contribution is 5.23. The SMILES string of the molecule is C(Cc1ccccc1)=C1CC1. The molecule has 0 heteroatoms. The third-order valence-electron chi connectivity index (χ3n) is 2.01. The third kappa shape index (κ3) is 1.94. The first-order chi connectivity index (χ1) is 5.45. The Labute approximate surface area is 67.6 Å². The lowest BCUT2D eigenvalue weighted by Gasteiger charge is -1.92. The second-order valence-corrected chi connectivity index (χ2v) is 3.05. The minimum atomic E-state index is 1.12. The molecule has 1 aromatic carbocycles. The van der Waals surface area contributed by atoms with E-state index in [9.17, 15) is 0 Å². The molecule has 0 N–H and O–H groups in total. The third-order valence-corrected chi connectivity index (χ3v) is 2.01. The summed E-state index contributed by atoms with van der Waals surface area (Å²) in [7, 11) is 0. The van der Waals surface area contributed by atoms with Gasteiger partial charge in [-0.2, -0.15) is 0 Å². The molecule has 56 valence electrons. The van der Waals surface area contributed by atoms with Gasteiger partial charge >= 0.3 is 0 Å². The Kier molecular flexibility index (Phi) is 1.76. The molecule has 1 aromatic rings. The zero-order valence-electron chi connectivity index (χ0n) is 6.59. The molecule has 11 heavy (non-hydrogen) atoms. The van der Waals surface area contributed by atoms with Crippen LogP contribution in [0.3, 0.4) is 0 Å². The van der Waals surface area contributed by atoms with E-state index in [2.05, 4.69) is 36.4 Å². The van der Waals surface area contributed by atoms with E-state index in [0.29, 0.717) is 0 Å². The van der Waals surface area contributed by atoms with Crippen molar-refractivity contribution in [2.75, 3.05) is 0 Å². The predicted molar refractivity (Wildman–Crippen MR) is 47.5 cm³/mol. The highest BCUT2D eigenvalue weighted by Gasteiger charge is 2.08. The van der Waals surface area contributed by atoms with Gasteiger partial charge in [-0.25, -0.2) is 0 Å². The van der Waals surface area contributed by atoms with Crippen LogP contribution in [0.2, 0.25) is 0 Å². The molecule has 0 saturated heterocycles. The zero-order valence-corrected chi connectivity index (χ0v) is 6.59. The first kappa shape index (κ1) is 6.66. The van der Waals surface area contributed by atoms with Crippen LogP contribution in [-0.2, 0) is 6.42 Å². The second-order valence-electron chi connectivity index (χ2n) is 3.05. The van der Waals surface area contributed by atoms with Gasteiger partial charge in [0.05, 0.1) is 0 Å². The second kappa shape index (κ2) is 2.91. The topological polar surface area (TPSA) is 0 Å². The molecule has 2 rings (SSSR count). The zero-order chi connectivity index (χ0) is 7.52. The summed E-state index contributed by atoms with van der Waals surface area (Å²) >= 11 is 0. The predicted octanol–water partition coefficient (Wildman–Crippen LogP) is 2.95. The normalized spacial score (nSPS) is 14.7. The summed E-state index contributed by atoms with van der Waals surface area (Å²) in [6.07, 6.45) is 6.16. The summed E-state index contributed by atoms with van der Waals surface area (Å²) in [5.41, 5.74) is 3.06. The maximum atomic E-state index is 2.36. The van der Waals surface area contributed by atoms with Gasteiger partial charge in [-0.05, 0) is 24.8 Å². The maximum Gasteiger partial charge on any atom is -0.00948 e. The minimum absolute atomic E-state index is 1.12. The number of rotatable bonds is 2. The number of allylic oxidation sites excluding steroid dienone is 2. The molecule has 1 aliphatic carbocycles. The van der Waals surface area contributed by atoms with E-state index in [-0.39, 0.29) is 0 Å². The molecule has 1 fully saturated rings. The summed E-state index contributed by atoms with van der Waals surface area (Å²) in [4.78, 5) is 0. The van der Waals surface area contributed by atoms with Crippen molar-refractivity contribution < 1.29 is 0 Å². The van der Waals surface area contributed by atoms with Crippen LogP contribution in [0, 0.1) is 0 Å². The van der Waals surface area contributed by atoms with Gasteiger partial charge in [0.1, 0.15) is 0 Å². The Morgan fingerprint density at radius 1 is 1.09 bits per heavy atom. The summed E-state index contributed by atoms with van der Waals surface area (Å²) in [6, 6.07) is 10.6. The van der Waals surface area contributed by atoms with Crippen LogP contribution in [0.4, 0.5) is 0 Å². The Balaban J connectivity index is 2.01. The van der Waals surface area contributed by atoms with Gasteiger partial charge in [0.15, 0.2) is 0 Å². The largest absolute Gasteiger partial charge is 0.0809 e. The van der Waals surface area contributed by atoms with Crippen LogP contribution in [0.15, 0.2) is 42.0 Å². The van der Waals surface area contributed by atoms with Gasteiger partial charge < -0.3 is 0 Å². The Hall–Kier alpha value is -1.04. The first-order valence-electron chi connectivity index (χ1n) is 4.17. The molecule has 1 saturated carbocycles. The lowest BCUT2D eigenvalue weighted by molar-refractivity contribution is 1.26. The van der Waals surface area contributed by atoms with Crippen molar-refractivity contribution >= 4 is 0 Å². The maximum absolute atomic E-state index is 2.36. The first-order valence-corrected chi connectivity index (χ1v) is 4.17. The average Bonchev–Trinajstić information content (AvgIpc) is 2.86. The molecule has 0 nitrogen and oxygen atoms in total. The smallest absolute Gasteiger partial charge is 0.00948 e. The van der Waals surface area contributed by atoms with E-state index in [0.717, 1.165) is 6.42 Å². The summed E-state index contributed by atoms with van der Waals surface area (Å²) in [5.74, 6) is 0. The van der Waals surface area contributed by atoms with Crippen molar-refractivity contribution in [3.8, 4) is 0 Å². The molecule has 0 amide bonds. The molecule has 0 atom stereocenters. The van der Waals surface area contributed by atoms with Crippen LogP contribution in [-0.4, -0.2) is 0 Å². The van der Waals surface area contributed by atoms with Crippen LogP contribution >= 0.6 is 0 Å². The van der Waals surface area contributed by atoms with E-state index >= 15 is 0 Å². The summed E-state index contributed by atoms with van der Waals surface area (Å²) in [6.45, 7) is 0. The van der Waals surface area contributed by atoms with E-state index in [1.165, 1.54) is 18.4 Å². The fraction of sp³-hybridized carbons (Fsp3) is 0.273.